The number of carbonyl (C=O) groups is 3. The van der Waals surface area contributed by atoms with Crippen LogP contribution in [0.15, 0.2) is 85.1 Å². The van der Waals surface area contributed by atoms with Crippen LogP contribution in [0.1, 0.15) is 329 Å². The molecule has 0 aromatic carbocycles. The van der Waals surface area contributed by atoms with Gasteiger partial charge in [-0.15, -0.1) is 0 Å². The van der Waals surface area contributed by atoms with E-state index >= 15 is 0 Å². The maximum atomic E-state index is 12.9. The van der Waals surface area contributed by atoms with Gasteiger partial charge in [-0.2, -0.15) is 0 Å². The van der Waals surface area contributed by atoms with E-state index in [9.17, 15) is 14.4 Å². The van der Waals surface area contributed by atoms with E-state index in [-0.39, 0.29) is 31.1 Å². The maximum Gasteiger partial charge on any atom is 0.306 e. The first kappa shape index (κ1) is 73.6. The highest BCUT2D eigenvalue weighted by Crippen LogP contribution is 2.16. The van der Waals surface area contributed by atoms with Crippen molar-refractivity contribution in [3.05, 3.63) is 85.1 Å². The van der Waals surface area contributed by atoms with Crippen LogP contribution in [0.5, 0.6) is 0 Å². The van der Waals surface area contributed by atoms with E-state index in [0.717, 1.165) is 103 Å². The molecule has 0 rings (SSSR count). The second kappa shape index (κ2) is 65.1. The van der Waals surface area contributed by atoms with Crippen molar-refractivity contribution in [1.82, 2.24) is 0 Å². The summed E-state index contributed by atoms with van der Waals surface area (Å²) in [6.07, 6.45) is 85.9. The number of hydrogen-bond donors (Lipinski definition) is 0. The molecule has 444 valence electrons. The lowest BCUT2D eigenvalue weighted by molar-refractivity contribution is -0.167. The molecule has 77 heavy (non-hydrogen) atoms. The van der Waals surface area contributed by atoms with Crippen LogP contribution in [-0.4, -0.2) is 37.2 Å². The van der Waals surface area contributed by atoms with Gasteiger partial charge in [-0.05, 0) is 116 Å². The zero-order valence-electron chi connectivity index (χ0n) is 51.0. The normalized spacial score (nSPS) is 12.6. The van der Waals surface area contributed by atoms with Crippen molar-refractivity contribution in [3.63, 3.8) is 0 Å². The third-order valence-electron chi connectivity index (χ3n) is 14.4. The number of esters is 3. The molecule has 0 aromatic heterocycles. The Kier molecular flexibility index (Phi) is 62.2. The lowest BCUT2D eigenvalue weighted by Crippen LogP contribution is -2.30. The van der Waals surface area contributed by atoms with Crippen molar-refractivity contribution in [2.75, 3.05) is 13.2 Å². The maximum absolute atomic E-state index is 12.9. The standard InChI is InChI=1S/C71H124O6/c1-4-7-10-13-16-19-22-25-28-31-33-34-35-36-37-38-39-41-43-46-49-52-55-58-61-64-70(73)76-67-68(66-75-69(72)63-60-57-54-51-48-45-42-30-27-24-21-18-15-12-9-6-3)77-71(74)65-62-59-56-53-50-47-44-40-32-29-26-23-20-17-14-11-8-5-2/h7,10,16,19-20,23,25,28-30,32-34,42,68H,4-6,8-9,11-15,17-18,21-22,24,26-27,31,35-41,43-67H2,1-3H3/b10-7-,19-16-,23-20-,28-25-,32-29-,34-33-,42-30-. The van der Waals surface area contributed by atoms with Crippen molar-refractivity contribution in [3.8, 4) is 0 Å². The summed E-state index contributed by atoms with van der Waals surface area (Å²) in [5.41, 5.74) is 0. The highest BCUT2D eigenvalue weighted by atomic mass is 16.6. The summed E-state index contributed by atoms with van der Waals surface area (Å²) in [7, 11) is 0. The molecule has 0 amide bonds. The Labute approximate surface area is 477 Å². The van der Waals surface area contributed by atoms with Gasteiger partial charge >= 0.3 is 17.9 Å². The third-order valence-corrected chi connectivity index (χ3v) is 14.4. The molecule has 0 aliphatic carbocycles. The largest absolute Gasteiger partial charge is 0.462 e. The Bertz CT molecular complexity index is 1470. The predicted molar refractivity (Wildman–Crippen MR) is 334 cm³/mol. The molecule has 1 atom stereocenters. The fourth-order valence-electron chi connectivity index (χ4n) is 9.40. The van der Waals surface area contributed by atoms with Crippen LogP contribution in [0.3, 0.4) is 0 Å². The minimum absolute atomic E-state index is 0.0817. The summed E-state index contributed by atoms with van der Waals surface area (Å²) in [6, 6.07) is 0. The molecule has 0 aliphatic rings. The molecule has 0 saturated heterocycles. The Balaban J connectivity index is 4.35. The monoisotopic (exact) mass is 1070 g/mol. The number of ether oxygens (including phenoxy) is 3. The van der Waals surface area contributed by atoms with Gasteiger partial charge in [-0.1, -0.05) is 279 Å². The van der Waals surface area contributed by atoms with Crippen LogP contribution in [0.2, 0.25) is 0 Å². The molecule has 6 nitrogen and oxygen atoms in total. The summed E-state index contributed by atoms with van der Waals surface area (Å²) >= 11 is 0. The number of allylic oxidation sites excluding steroid dienone is 14. The lowest BCUT2D eigenvalue weighted by atomic mass is 10.0. The zero-order valence-corrected chi connectivity index (χ0v) is 51.0. The van der Waals surface area contributed by atoms with Gasteiger partial charge in [0, 0.05) is 19.3 Å². The smallest absolute Gasteiger partial charge is 0.306 e. The van der Waals surface area contributed by atoms with Crippen molar-refractivity contribution in [2.24, 2.45) is 0 Å². The molecule has 0 bridgehead atoms. The highest BCUT2D eigenvalue weighted by Gasteiger charge is 2.19. The average molecular weight is 1070 g/mol. The number of carbonyl (C=O) groups excluding carboxylic acids is 3. The molecule has 0 saturated carbocycles. The number of rotatable bonds is 60. The van der Waals surface area contributed by atoms with E-state index in [1.54, 1.807) is 0 Å². The lowest BCUT2D eigenvalue weighted by Gasteiger charge is -2.18. The summed E-state index contributed by atoms with van der Waals surface area (Å²) in [4.78, 5) is 38.4. The molecule has 0 aliphatic heterocycles. The van der Waals surface area contributed by atoms with Crippen molar-refractivity contribution >= 4 is 17.9 Å². The molecule has 0 N–H and O–H groups in total. The van der Waals surface area contributed by atoms with Gasteiger partial charge in [0.25, 0.3) is 0 Å². The van der Waals surface area contributed by atoms with E-state index in [1.165, 1.54) is 186 Å². The summed E-state index contributed by atoms with van der Waals surface area (Å²) in [6.45, 7) is 6.53. The second-order valence-corrected chi connectivity index (χ2v) is 22.0. The number of unbranched alkanes of at least 4 members (excludes halogenated alkanes) is 35. The van der Waals surface area contributed by atoms with Crippen LogP contribution in [-0.2, 0) is 28.6 Å². The van der Waals surface area contributed by atoms with Gasteiger partial charge in [0.15, 0.2) is 6.10 Å². The molecular weight excluding hydrogens is 949 g/mol. The first-order valence-corrected chi connectivity index (χ1v) is 33.1. The van der Waals surface area contributed by atoms with Gasteiger partial charge in [0.1, 0.15) is 13.2 Å². The fourth-order valence-corrected chi connectivity index (χ4v) is 9.40. The van der Waals surface area contributed by atoms with Crippen molar-refractivity contribution < 1.29 is 28.6 Å². The van der Waals surface area contributed by atoms with Gasteiger partial charge in [0.05, 0.1) is 0 Å². The summed E-state index contributed by atoms with van der Waals surface area (Å²) in [5.74, 6) is -0.885. The quantitative estimate of drug-likeness (QED) is 0.0261. The van der Waals surface area contributed by atoms with Gasteiger partial charge in [-0.3, -0.25) is 14.4 Å². The minimum atomic E-state index is -0.786. The van der Waals surface area contributed by atoms with Crippen LogP contribution >= 0.6 is 0 Å². The highest BCUT2D eigenvalue weighted by molar-refractivity contribution is 5.71. The van der Waals surface area contributed by atoms with E-state index in [2.05, 4.69) is 106 Å². The topological polar surface area (TPSA) is 78.9 Å². The Hall–Kier alpha value is -3.41. The molecule has 0 spiro atoms. The van der Waals surface area contributed by atoms with Gasteiger partial charge < -0.3 is 14.2 Å². The molecule has 1 unspecified atom stereocenters. The van der Waals surface area contributed by atoms with Gasteiger partial charge in [-0.25, -0.2) is 0 Å². The van der Waals surface area contributed by atoms with Crippen molar-refractivity contribution in [2.45, 2.75) is 335 Å². The first-order valence-electron chi connectivity index (χ1n) is 33.1. The molecule has 0 heterocycles. The molecular formula is C71H124O6. The third kappa shape index (κ3) is 63.3. The summed E-state index contributed by atoms with van der Waals surface area (Å²) in [5, 5.41) is 0. The zero-order chi connectivity index (χ0) is 55.7. The van der Waals surface area contributed by atoms with Crippen LogP contribution in [0.25, 0.3) is 0 Å². The number of hydrogen-bond acceptors (Lipinski definition) is 6. The summed E-state index contributed by atoms with van der Waals surface area (Å²) < 4.78 is 17.0. The predicted octanol–water partition coefficient (Wildman–Crippen LogP) is 22.7. The van der Waals surface area contributed by atoms with Gasteiger partial charge in [0.2, 0.25) is 0 Å². The second-order valence-electron chi connectivity index (χ2n) is 22.0. The Morgan fingerprint density at radius 2 is 0.506 bits per heavy atom. The minimum Gasteiger partial charge on any atom is -0.462 e. The van der Waals surface area contributed by atoms with E-state index in [4.69, 9.17) is 14.2 Å². The first-order chi connectivity index (χ1) is 38.0. The SMILES string of the molecule is CC/C=C\C/C=C\C/C=C\C/C=C\CCCCCCCCCCCCCCC(=O)OCC(COC(=O)CCCCCCC/C=C\CCCCCCCCC)OC(=O)CCCCCCCCC/C=C\C/C=C\CCCCCC. The van der Waals surface area contributed by atoms with Crippen LogP contribution in [0, 0.1) is 0 Å². The van der Waals surface area contributed by atoms with E-state index in [1.807, 2.05) is 0 Å². The van der Waals surface area contributed by atoms with Crippen LogP contribution in [0.4, 0.5) is 0 Å². The van der Waals surface area contributed by atoms with Crippen LogP contribution < -0.4 is 0 Å². The van der Waals surface area contributed by atoms with Crippen molar-refractivity contribution in [1.29, 1.82) is 0 Å². The Morgan fingerprint density at radius 1 is 0.273 bits per heavy atom. The van der Waals surface area contributed by atoms with E-state index in [0.29, 0.717) is 19.3 Å². The molecule has 0 radical (unpaired) electrons. The molecule has 0 aromatic rings. The fraction of sp³-hybridized carbons (Fsp3) is 0.761. The molecule has 0 fully saturated rings. The Morgan fingerprint density at radius 3 is 0.818 bits per heavy atom. The van der Waals surface area contributed by atoms with E-state index < -0.39 is 6.10 Å². The average Bonchev–Trinajstić information content (AvgIpc) is 3.43. The molecule has 6 heteroatoms.